The van der Waals surface area contributed by atoms with Crippen molar-refractivity contribution in [1.82, 2.24) is 14.9 Å². The molecule has 2 heterocycles. The average molecular weight is 332 g/mol. The van der Waals surface area contributed by atoms with Crippen molar-refractivity contribution < 1.29 is 4.79 Å². The summed E-state index contributed by atoms with van der Waals surface area (Å²) in [4.78, 5) is 17.4. The summed E-state index contributed by atoms with van der Waals surface area (Å²) in [6.07, 6.45) is 0.729. The molecule has 1 aromatic heterocycles. The molecule has 4 rings (SSSR count). The third-order valence-electron chi connectivity index (χ3n) is 4.41. The number of fused-ring (bicyclic) bond motifs is 1. The van der Waals surface area contributed by atoms with Crippen molar-refractivity contribution in [2.24, 2.45) is 0 Å². The normalized spacial score (nSPS) is 13.3. The number of benzene rings is 2. The molecular weight excluding hydrogens is 312 g/mol. The first-order valence-corrected chi connectivity index (χ1v) is 8.50. The van der Waals surface area contributed by atoms with E-state index in [1.807, 2.05) is 48.5 Å². The predicted octanol–water partition coefficient (Wildman–Crippen LogP) is 2.83. The van der Waals surface area contributed by atoms with Crippen LogP contribution in [-0.4, -0.2) is 22.0 Å². The highest BCUT2D eigenvalue weighted by atomic mass is 16.1. The molecule has 0 saturated heterocycles. The topological polar surface area (TPSA) is 59.0 Å². The fraction of sp³-hybridized carbons (Fsp3) is 0.200. The molecule has 25 heavy (non-hydrogen) atoms. The molecule has 0 unspecified atom stereocenters. The lowest BCUT2D eigenvalue weighted by Crippen LogP contribution is -2.30. The summed E-state index contributed by atoms with van der Waals surface area (Å²) in [5.41, 5.74) is 3.46. The van der Waals surface area contributed by atoms with Crippen LogP contribution in [0.5, 0.6) is 0 Å². The van der Waals surface area contributed by atoms with Crippen LogP contribution in [0.2, 0.25) is 0 Å². The molecule has 3 aromatic rings. The van der Waals surface area contributed by atoms with Crippen molar-refractivity contribution >= 4 is 11.6 Å². The number of para-hydroxylation sites is 1. The molecular formula is C20H20N4O. The summed E-state index contributed by atoms with van der Waals surface area (Å²) >= 11 is 0. The summed E-state index contributed by atoms with van der Waals surface area (Å²) < 4.78 is 2.18. The van der Waals surface area contributed by atoms with Crippen LogP contribution in [0.3, 0.4) is 0 Å². The van der Waals surface area contributed by atoms with Gasteiger partial charge in [0.05, 0.1) is 5.69 Å². The Morgan fingerprint density at radius 2 is 1.80 bits per heavy atom. The lowest BCUT2D eigenvalue weighted by Gasteiger charge is -2.18. The second kappa shape index (κ2) is 6.91. The first-order chi connectivity index (χ1) is 12.3. The molecule has 1 aliphatic heterocycles. The standard InChI is InChI=1S/C20H20N4O/c25-20(22-16-9-5-2-6-10-16)19-17-14-21-11-12-24(17)18(23-19)13-15-7-3-1-4-8-15/h1-10,21H,11-14H2,(H,22,25). The minimum Gasteiger partial charge on any atom is -0.329 e. The van der Waals surface area contributed by atoms with Crippen LogP contribution < -0.4 is 10.6 Å². The fourth-order valence-corrected chi connectivity index (χ4v) is 3.19. The third-order valence-corrected chi connectivity index (χ3v) is 4.41. The van der Waals surface area contributed by atoms with Crippen molar-refractivity contribution in [3.8, 4) is 0 Å². The fourth-order valence-electron chi connectivity index (χ4n) is 3.19. The molecule has 5 nitrogen and oxygen atoms in total. The van der Waals surface area contributed by atoms with Gasteiger partial charge in [-0.2, -0.15) is 0 Å². The van der Waals surface area contributed by atoms with Crippen molar-refractivity contribution in [1.29, 1.82) is 0 Å². The third kappa shape index (κ3) is 3.32. The van der Waals surface area contributed by atoms with E-state index in [0.29, 0.717) is 12.2 Å². The van der Waals surface area contributed by atoms with Crippen molar-refractivity contribution in [3.05, 3.63) is 83.4 Å². The Morgan fingerprint density at radius 3 is 2.56 bits per heavy atom. The quantitative estimate of drug-likeness (QED) is 0.772. The number of hydrogen-bond donors (Lipinski definition) is 2. The molecule has 1 aliphatic rings. The van der Waals surface area contributed by atoms with Crippen LogP contribution in [0.15, 0.2) is 60.7 Å². The number of nitrogens with one attached hydrogen (secondary N) is 2. The Morgan fingerprint density at radius 1 is 1.08 bits per heavy atom. The maximum absolute atomic E-state index is 12.7. The molecule has 2 aromatic carbocycles. The zero-order valence-corrected chi connectivity index (χ0v) is 13.9. The first kappa shape index (κ1) is 15.6. The Kier molecular flexibility index (Phi) is 4.31. The van der Waals surface area contributed by atoms with Crippen LogP contribution in [0.1, 0.15) is 27.6 Å². The number of nitrogens with zero attached hydrogens (tertiary/aromatic N) is 2. The minimum atomic E-state index is -0.155. The van der Waals surface area contributed by atoms with Gasteiger partial charge in [-0.1, -0.05) is 48.5 Å². The number of aromatic nitrogens is 2. The summed E-state index contributed by atoms with van der Waals surface area (Å²) in [5, 5.41) is 6.28. The van der Waals surface area contributed by atoms with E-state index >= 15 is 0 Å². The van der Waals surface area contributed by atoms with E-state index in [1.54, 1.807) is 0 Å². The number of hydrogen-bond acceptors (Lipinski definition) is 3. The number of rotatable bonds is 4. The van der Waals surface area contributed by atoms with Gasteiger partial charge in [-0.3, -0.25) is 4.79 Å². The zero-order valence-electron chi connectivity index (χ0n) is 13.9. The lowest BCUT2D eigenvalue weighted by atomic mass is 10.1. The van der Waals surface area contributed by atoms with Gasteiger partial charge in [-0.25, -0.2) is 4.98 Å². The molecule has 0 spiro atoms. The van der Waals surface area contributed by atoms with Crippen LogP contribution in [0, 0.1) is 0 Å². The molecule has 0 fully saturated rings. The Bertz CT molecular complexity index is 871. The van der Waals surface area contributed by atoms with Gasteiger partial charge in [-0.15, -0.1) is 0 Å². The summed E-state index contributed by atoms with van der Waals surface area (Å²) in [6, 6.07) is 19.7. The van der Waals surface area contributed by atoms with Crippen LogP contribution in [-0.2, 0) is 19.5 Å². The summed E-state index contributed by atoms with van der Waals surface area (Å²) in [7, 11) is 0. The van der Waals surface area contributed by atoms with E-state index in [-0.39, 0.29) is 5.91 Å². The smallest absolute Gasteiger partial charge is 0.276 e. The Hall–Kier alpha value is -2.92. The first-order valence-electron chi connectivity index (χ1n) is 8.50. The molecule has 0 bridgehead atoms. The lowest BCUT2D eigenvalue weighted by molar-refractivity contribution is 0.102. The molecule has 0 saturated carbocycles. The van der Waals surface area contributed by atoms with Crippen LogP contribution >= 0.6 is 0 Å². The summed E-state index contributed by atoms with van der Waals surface area (Å²) in [5.74, 6) is 0.791. The molecule has 0 atom stereocenters. The van der Waals surface area contributed by atoms with Crippen molar-refractivity contribution in [3.63, 3.8) is 0 Å². The Balaban J connectivity index is 1.65. The summed E-state index contributed by atoms with van der Waals surface area (Å²) in [6.45, 7) is 2.40. The number of carbonyl (C=O) groups is 1. The number of anilines is 1. The van der Waals surface area contributed by atoms with Crippen molar-refractivity contribution in [2.75, 3.05) is 11.9 Å². The van der Waals surface area contributed by atoms with Gasteiger partial charge in [0, 0.05) is 31.7 Å². The second-order valence-corrected chi connectivity index (χ2v) is 6.13. The monoisotopic (exact) mass is 332 g/mol. The predicted molar refractivity (Wildman–Crippen MR) is 97.6 cm³/mol. The van der Waals surface area contributed by atoms with Crippen molar-refractivity contribution in [2.45, 2.75) is 19.5 Å². The van der Waals surface area contributed by atoms with E-state index in [4.69, 9.17) is 4.98 Å². The van der Waals surface area contributed by atoms with Gasteiger partial charge >= 0.3 is 0 Å². The average Bonchev–Trinajstić information content (AvgIpc) is 3.02. The molecule has 0 aliphatic carbocycles. The van der Waals surface area contributed by atoms with Gasteiger partial charge in [0.2, 0.25) is 0 Å². The largest absolute Gasteiger partial charge is 0.329 e. The van der Waals surface area contributed by atoms with Gasteiger partial charge in [0.15, 0.2) is 5.69 Å². The van der Waals surface area contributed by atoms with Gasteiger partial charge in [-0.05, 0) is 17.7 Å². The number of carbonyl (C=O) groups excluding carboxylic acids is 1. The molecule has 2 N–H and O–H groups in total. The molecule has 5 heteroatoms. The maximum atomic E-state index is 12.7. The van der Waals surface area contributed by atoms with E-state index in [1.165, 1.54) is 5.56 Å². The minimum absolute atomic E-state index is 0.155. The number of amides is 1. The van der Waals surface area contributed by atoms with E-state index in [0.717, 1.165) is 36.7 Å². The van der Waals surface area contributed by atoms with Gasteiger partial charge in [0.25, 0.3) is 5.91 Å². The van der Waals surface area contributed by atoms with E-state index in [2.05, 4.69) is 27.3 Å². The van der Waals surface area contributed by atoms with E-state index in [9.17, 15) is 4.79 Å². The van der Waals surface area contributed by atoms with E-state index < -0.39 is 0 Å². The highest BCUT2D eigenvalue weighted by molar-refractivity contribution is 6.03. The highest BCUT2D eigenvalue weighted by Gasteiger charge is 2.24. The second-order valence-electron chi connectivity index (χ2n) is 6.13. The highest BCUT2D eigenvalue weighted by Crippen LogP contribution is 2.19. The van der Waals surface area contributed by atoms with Gasteiger partial charge < -0.3 is 15.2 Å². The molecule has 1 amide bonds. The van der Waals surface area contributed by atoms with Crippen LogP contribution in [0.4, 0.5) is 5.69 Å². The Labute approximate surface area is 146 Å². The zero-order chi connectivity index (χ0) is 17.1. The maximum Gasteiger partial charge on any atom is 0.276 e. The van der Waals surface area contributed by atoms with Gasteiger partial charge in [0.1, 0.15) is 5.82 Å². The molecule has 0 radical (unpaired) electrons. The molecule has 126 valence electrons. The SMILES string of the molecule is O=C(Nc1ccccc1)c1nc(Cc2ccccc2)n2c1CNCC2. The van der Waals surface area contributed by atoms with Crippen LogP contribution in [0.25, 0.3) is 0 Å². The number of imidazole rings is 1.